The number of ether oxygens (including phenoxy) is 1. The molecule has 0 saturated heterocycles. The number of hydrogen-bond acceptors (Lipinski definition) is 5. The minimum atomic E-state index is -3.96. The Balaban J connectivity index is 1.82. The van der Waals surface area contributed by atoms with Crippen LogP contribution in [0.2, 0.25) is 0 Å². The van der Waals surface area contributed by atoms with Crippen LogP contribution in [0.3, 0.4) is 0 Å². The van der Waals surface area contributed by atoms with Crippen molar-refractivity contribution in [2.24, 2.45) is 9.39 Å². The first kappa shape index (κ1) is 21.6. The molecule has 0 spiro atoms. The highest BCUT2D eigenvalue weighted by Crippen LogP contribution is 2.30. The Morgan fingerprint density at radius 1 is 0.875 bits per heavy atom. The van der Waals surface area contributed by atoms with Crippen molar-refractivity contribution in [3.05, 3.63) is 89.5 Å². The number of Topliss-reactive ketones (excluding diaryl/α,β-unsaturated/α-hetero) is 1. The van der Waals surface area contributed by atoms with Gasteiger partial charge in [-0.15, -0.1) is 0 Å². The van der Waals surface area contributed by atoms with E-state index in [0.717, 1.165) is 12.0 Å². The number of ketones is 1. The van der Waals surface area contributed by atoms with Crippen molar-refractivity contribution in [3.8, 4) is 5.75 Å². The summed E-state index contributed by atoms with van der Waals surface area (Å²) in [6, 6.07) is 20.6. The molecule has 4 rings (SSSR count). The first-order valence-corrected chi connectivity index (χ1v) is 11.6. The maximum atomic E-state index is 13.1. The highest BCUT2D eigenvalue weighted by molar-refractivity contribution is 7.90. The van der Waals surface area contributed by atoms with Crippen LogP contribution in [-0.4, -0.2) is 32.7 Å². The Labute approximate surface area is 187 Å². The van der Waals surface area contributed by atoms with E-state index in [0.29, 0.717) is 22.6 Å². The van der Waals surface area contributed by atoms with E-state index in [2.05, 4.69) is 9.39 Å². The van der Waals surface area contributed by atoms with Gasteiger partial charge in [-0.05, 0) is 36.2 Å². The Morgan fingerprint density at radius 3 is 2.22 bits per heavy atom. The summed E-state index contributed by atoms with van der Waals surface area (Å²) >= 11 is 0. The molecule has 0 heterocycles. The number of para-hydroxylation sites is 2. The van der Waals surface area contributed by atoms with Crippen LogP contribution in [0.1, 0.15) is 34.8 Å². The Kier molecular flexibility index (Phi) is 6.01. The molecule has 0 unspecified atom stereocenters. The average Bonchev–Trinajstić information content (AvgIpc) is 2.82. The van der Waals surface area contributed by atoms with Gasteiger partial charge in [0.15, 0.2) is 0 Å². The van der Waals surface area contributed by atoms with Crippen molar-refractivity contribution in [2.45, 2.75) is 24.7 Å². The molecule has 0 bridgehead atoms. The number of rotatable bonds is 5. The van der Waals surface area contributed by atoms with E-state index in [-0.39, 0.29) is 28.5 Å². The minimum absolute atomic E-state index is 0.000167. The summed E-state index contributed by atoms with van der Waals surface area (Å²) < 4.78 is 35.5. The van der Waals surface area contributed by atoms with E-state index in [9.17, 15) is 13.2 Å². The van der Waals surface area contributed by atoms with Crippen molar-refractivity contribution in [3.63, 3.8) is 0 Å². The maximum Gasteiger partial charge on any atom is 0.282 e. The number of methoxy groups -OCH3 is 1. The monoisotopic (exact) mass is 446 g/mol. The second-order valence-electron chi connectivity index (χ2n) is 7.29. The summed E-state index contributed by atoms with van der Waals surface area (Å²) in [6.07, 6.45) is 0.813. The summed E-state index contributed by atoms with van der Waals surface area (Å²) in [4.78, 5) is 17.7. The minimum Gasteiger partial charge on any atom is -0.494 e. The van der Waals surface area contributed by atoms with Crippen molar-refractivity contribution in [1.82, 2.24) is 0 Å². The van der Waals surface area contributed by atoms with Crippen molar-refractivity contribution < 1.29 is 17.9 Å². The Hall–Kier alpha value is -3.58. The van der Waals surface area contributed by atoms with Gasteiger partial charge in [-0.2, -0.15) is 12.8 Å². The summed E-state index contributed by atoms with van der Waals surface area (Å²) in [5, 5.41) is 0. The molecular formula is C25H22N2O4S. The Bertz CT molecular complexity index is 1340. The normalized spacial score (nSPS) is 16.2. The zero-order chi connectivity index (χ0) is 22.7. The summed E-state index contributed by atoms with van der Waals surface area (Å²) in [5.74, 6) is 0.268. The average molecular weight is 447 g/mol. The van der Waals surface area contributed by atoms with Gasteiger partial charge in [0.05, 0.1) is 23.4 Å². The fourth-order valence-corrected chi connectivity index (χ4v) is 4.59. The van der Waals surface area contributed by atoms with E-state index < -0.39 is 10.0 Å². The molecule has 0 aromatic heterocycles. The molecule has 0 fully saturated rings. The summed E-state index contributed by atoms with van der Waals surface area (Å²) in [5.41, 5.74) is 2.91. The van der Waals surface area contributed by atoms with Crippen molar-refractivity contribution >= 4 is 32.9 Å². The van der Waals surface area contributed by atoms with Gasteiger partial charge in [-0.25, -0.2) is 4.99 Å². The molecule has 7 heteroatoms. The maximum absolute atomic E-state index is 13.1. The van der Waals surface area contributed by atoms with Gasteiger partial charge in [0.2, 0.25) is 5.78 Å². The smallest absolute Gasteiger partial charge is 0.282 e. The number of aliphatic imine (C=N–C) groups is 1. The molecule has 0 aliphatic heterocycles. The van der Waals surface area contributed by atoms with Crippen LogP contribution in [0.15, 0.2) is 87.1 Å². The molecule has 0 N–H and O–H groups in total. The van der Waals surface area contributed by atoms with Crippen LogP contribution >= 0.6 is 0 Å². The lowest BCUT2D eigenvalue weighted by Crippen LogP contribution is -2.28. The number of hydrogen-bond donors (Lipinski definition) is 0. The van der Waals surface area contributed by atoms with Crippen LogP contribution < -0.4 is 4.74 Å². The van der Waals surface area contributed by atoms with Crippen molar-refractivity contribution in [2.75, 3.05) is 7.11 Å². The second-order valence-corrected chi connectivity index (χ2v) is 8.90. The molecule has 0 radical (unpaired) electrons. The number of nitrogens with zero attached hydrogens (tertiary/aromatic N) is 2. The number of aryl methyl sites for hydroxylation is 1. The number of carbonyl (C=O) groups excluding carboxylic acids is 1. The molecular weight excluding hydrogens is 424 g/mol. The van der Waals surface area contributed by atoms with E-state index >= 15 is 0 Å². The predicted molar refractivity (Wildman–Crippen MR) is 125 cm³/mol. The molecule has 32 heavy (non-hydrogen) atoms. The molecule has 162 valence electrons. The quantitative estimate of drug-likeness (QED) is 0.564. The molecule has 1 aliphatic rings. The largest absolute Gasteiger partial charge is 0.494 e. The number of fused-ring (bicyclic) bond motifs is 1. The van der Waals surface area contributed by atoms with Gasteiger partial charge < -0.3 is 4.74 Å². The molecule has 0 saturated carbocycles. The van der Waals surface area contributed by atoms with Crippen LogP contribution in [-0.2, 0) is 16.4 Å². The highest BCUT2D eigenvalue weighted by Gasteiger charge is 2.29. The molecule has 3 aromatic rings. The lowest BCUT2D eigenvalue weighted by atomic mass is 9.87. The Morgan fingerprint density at radius 2 is 1.53 bits per heavy atom. The molecule has 0 amide bonds. The van der Waals surface area contributed by atoms with Crippen LogP contribution in [0.4, 0.5) is 5.69 Å². The van der Waals surface area contributed by atoms with Crippen LogP contribution in [0.25, 0.3) is 0 Å². The van der Waals surface area contributed by atoms with Gasteiger partial charge >= 0.3 is 0 Å². The third kappa shape index (κ3) is 4.24. The lowest BCUT2D eigenvalue weighted by Gasteiger charge is -2.19. The van der Waals surface area contributed by atoms with E-state index in [1.54, 1.807) is 66.7 Å². The van der Waals surface area contributed by atoms with E-state index in [1.165, 1.54) is 7.11 Å². The molecule has 6 nitrogen and oxygen atoms in total. The van der Waals surface area contributed by atoms with Gasteiger partial charge in [0.1, 0.15) is 11.4 Å². The fourth-order valence-electron chi connectivity index (χ4n) is 3.56. The molecule has 0 atom stereocenters. The van der Waals surface area contributed by atoms with Gasteiger partial charge in [-0.3, -0.25) is 4.79 Å². The lowest BCUT2D eigenvalue weighted by molar-refractivity contribution is 0.106. The first-order chi connectivity index (χ1) is 15.4. The van der Waals surface area contributed by atoms with Gasteiger partial charge in [0.25, 0.3) is 10.0 Å². The number of carbonyl (C=O) groups is 1. The standard InChI is InChI=1S/C25H22N2O4S/c1-3-17-12-14-18(15-13-17)32(29,30)27-22-16-23(25(28)20-9-5-4-8-19(20)22)26-21-10-6-7-11-24(21)31-2/h4-15H,3,16H2,1-2H3/b26-23?,27-22-. The summed E-state index contributed by atoms with van der Waals surface area (Å²) in [7, 11) is -2.43. The zero-order valence-corrected chi connectivity index (χ0v) is 18.6. The number of benzene rings is 3. The van der Waals surface area contributed by atoms with E-state index in [1.807, 2.05) is 13.0 Å². The zero-order valence-electron chi connectivity index (χ0n) is 17.8. The predicted octanol–water partition coefficient (Wildman–Crippen LogP) is 4.79. The third-order valence-corrected chi connectivity index (χ3v) is 6.61. The number of sulfonamides is 1. The highest BCUT2D eigenvalue weighted by atomic mass is 32.2. The van der Waals surface area contributed by atoms with E-state index in [4.69, 9.17) is 4.74 Å². The third-order valence-electron chi connectivity index (χ3n) is 5.28. The summed E-state index contributed by atoms with van der Waals surface area (Å²) in [6.45, 7) is 2.00. The van der Waals surface area contributed by atoms with Crippen LogP contribution in [0.5, 0.6) is 5.75 Å². The van der Waals surface area contributed by atoms with Gasteiger partial charge in [0, 0.05) is 17.5 Å². The van der Waals surface area contributed by atoms with Crippen molar-refractivity contribution in [1.29, 1.82) is 0 Å². The second kappa shape index (κ2) is 8.88. The topological polar surface area (TPSA) is 85.2 Å². The molecule has 3 aromatic carbocycles. The first-order valence-electron chi connectivity index (χ1n) is 10.2. The van der Waals surface area contributed by atoms with Crippen LogP contribution in [0, 0.1) is 0 Å². The van der Waals surface area contributed by atoms with Gasteiger partial charge in [-0.1, -0.05) is 55.5 Å². The fraction of sp³-hybridized carbons (Fsp3) is 0.160. The SMILES string of the molecule is CCc1ccc(S(=O)(=O)/N=C2/CC(=Nc3ccccc3OC)C(=O)c3ccccc32)cc1. The molecule has 1 aliphatic carbocycles.